The molecule has 0 unspecified atom stereocenters. The highest BCUT2D eigenvalue weighted by Gasteiger charge is 2.32. The number of nitrogens with zero attached hydrogens (tertiary/aromatic N) is 2. The molecular weight excluding hydrogens is 463 g/mol. The number of sulfonamides is 1. The lowest BCUT2D eigenvalue weighted by molar-refractivity contribution is -0.137. The molecule has 11 heteroatoms. The summed E-state index contributed by atoms with van der Waals surface area (Å²) in [4.78, 5) is 18.2. The lowest BCUT2D eigenvalue weighted by atomic mass is 9.97. The number of halogens is 3. The zero-order chi connectivity index (χ0) is 22.9. The fourth-order valence-electron chi connectivity index (χ4n) is 3.63. The molecule has 170 valence electrons. The maximum Gasteiger partial charge on any atom is 0.416 e. The number of hydrogen-bond acceptors (Lipinski definition) is 5. The molecule has 0 aliphatic carbocycles. The fourth-order valence-corrected chi connectivity index (χ4v) is 5.79. The van der Waals surface area contributed by atoms with E-state index in [0.29, 0.717) is 32.0 Å². The normalized spacial score (nSPS) is 15.9. The van der Waals surface area contributed by atoms with Crippen molar-refractivity contribution in [1.29, 1.82) is 0 Å². The molecule has 32 heavy (non-hydrogen) atoms. The zero-order valence-corrected chi connectivity index (χ0v) is 18.4. The number of nitrogens with one attached hydrogen (secondary N) is 1. The van der Waals surface area contributed by atoms with Gasteiger partial charge in [0.1, 0.15) is 0 Å². The van der Waals surface area contributed by atoms with Crippen molar-refractivity contribution in [2.24, 2.45) is 0 Å². The van der Waals surface area contributed by atoms with Crippen molar-refractivity contribution in [2.45, 2.75) is 29.8 Å². The van der Waals surface area contributed by atoms with Crippen molar-refractivity contribution in [2.75, 3.05) is 19.6 Å². The summed E-state index contributed by atoms with van der Waals surface area (Å²) in [7, 11) is -4.25. The maximum absolute atomic E-state index is 12.8. The average Bonchev–Trinajstić information content (AvgIpc) is 3.21. The predicted molar refractivity (Wildman–Crippen MR) is 115 cm³/mol. The number of piperidine rings is 1. The van der Waals surface area contributed by atoms with Crippen molar-refractivity contribution in [3.05, 3.63) is 59.1 Å². The summed E-state index contributed by atoms with van der Waals surface area (Å²) in [6, 6.07) is 11.3. The largest absolute Gasteiger partial charge is 0.416 e. The number of carbonyl (C=O) groups excluding carboxylic acids is 1. The van der Waals surface area contributed by atoms with Gasteiger partial charge >= 0.3 is 6.18 Å². The highest BCUT2D eigenvalue weighted by atomic mass is 32.2. The standard InChI is InChI=1S/C21H20F3N3O3S2/c22-21(23,24)15-4-3-5-16(12-15)32(29,30)25-13-19(28)27-10-8-14(9-11-27)20-26-17-6-1-2-7-18(17)31-20/h1-7,12,14,25H,8-11,13H2. The van der Waals surface area contributed by atoms with Crippen LogP contribution in [0.15, 0.2) is 53.4 Å². The van der Waals surface area contributed by atoms with Crippen LogP contribution >= 0.6 is 11.3 Å². The fraction of sp³-hybridized carbons (Fsp3) is 0.333. The molecule has 1 aromatic heterocycles. The SMILES string of the molecule is O=C(CNS(=O)(=O)c1cccc(C(F)(F)F)c1)N1CCC(c2nc3ccccc3s2)CC1. The molecule has 2 aromatic carbocycles. The van der Waals surface area contributed by atoms with E-state index in [2.05, 4.69) is 9.71 Å². The quantitative estimate of drug-likeness (QED) is 0.595. The van der Waals surface area contributed by atoms with E-state index in [-0.39, 0.29) is 5.92 Å². The van der Waals surface area contributed by atoms with Crippen molar-refractivity contribution in [3.63, 3.8) is 0 Å². The van der Waals surface area contributed by atoms with Gasteiger partial charge in [-0.2, -0.15) is 13.2 Å². The number of likely N-dealkylation sites (tertiary alicyclic amines) is 1. The van der Waals surface area contributed by atoms with E-state index in [9.17, 15) is 26.4 Å². The minimum absolute atomic E-state index is 0.234. The van der Waals surface area contributed by atoms with Crippen LogP contribution in [-0.4, -0.2) is 43.8 Å². The van der Waals surface area contributed by atoms with Crippen LogP contribution in [0.3, 0.4) is 0 Å². The predicted octanol–water partition coefficient (Wildman–Crippen LogP) is 4.00. The lowest BCUT2D eigenvalue weighted by Gasteiger charge is -2.31. The number of benzene rings is 2. The van der Waals surface area contributed by atoms with Crippen molar-refractivity contribution in [1.82, 2.24) is 14.6 Å². The second-order valence-corrected chi connectivity index (χ2v) is 10.4. The first-order valence-electron chi connectivity index (χ1n) is 9.94. The zero-order valence-electron chi connectivity index (χ0n) is 16.8. The molecule has 4 rings (SSSR count). The van der Waals surface area contributed by atoms with Crippen LogP contribution in [0.5, 0.6) is 0 Å². The molecule has 1 N–H and O–H groups in total. The highest BCUT2D eigenvalue weighted by Crippen LogP contribution is 2.34. The molecule has 0 spiro atoms. The molecular formula is C21H20F3N3O3S2. The number of para-hydroxylation sites is 1. The Morgan fingerprint density at radius 3 is 2.53 bits per heavy atom. The molecule has 1 aliphatic rings. The second-order valence-electron chi connectivity index (χ2n) is 7.53. The van der Waals surface area contributed by atoms with Gasteiger partial charge in [0, 0.05) is 19.0 Å². The maximum atomic E-state index is 12.8. The van der Waals surface area contributed by atoms with Crippen LogP contribution in [0.25, 0.3) is 10.2 Å². The van der Waals surface area contributed by atoms with Gasteiger partial charge in [0.2, 0.25) is 15.9 Å². The van der Waals surface area contributed by atoms with Gasteiger partial charge in [-0.05, 0) is 43.2 Å². The second kappa shape index (κ2) is 8.80. The third kappa shape index (κ3) is 4.94. The van der Waals surface area contributed by atoms with Gasteiger partial charge in [-0.3, -0.25) is 4.79 Å². The molecule has 2 heterocycles. The average molecular weight is 484 g/mol. The lowest BCUT2D eigenvalue weighted by Crippen LogP contribution is -2.43. The first-order valence-corrected chi connectivity index (χ1v) is 12.2. The van der Waals surface area contributed by atoms with E-state index < -0.39 is 39.1 Å². The van der Waals surface area contributed by atoms with E-state index in [0.717, 1.165) is 33.4 Å². The molecule has 1 saturated heterocycles. The number of thiazole rings is 1. The summed E-state index contributed by atoms with van der Waals surface area (Å²) < 4.78 is 66.5. The summed E-state index contributed by atoms with van der Waals surface area (Å²) in [5.74, 6) is -0.179. The summed E-state index contributed by atoms with van der Waals surface area (Å²) in [5.41, 5.74) is -0.112. The third-order valence-electron chi connectivity index (χ3n) is 5.39. The molecule has 1 amide bonds. The van der Waals surface area contributed by atoms with Gasteiger partial charge in [0.15, 0.2) is 0 Å². The van der Waals surface area contributed by atoms with Crippen LogP contribution < -0.4 is 4.72 Å². The Morgan fingerprint density at radius 2 is 1.84 bits per heavy atom. The number of carbonyl (C=O) groups is 1. The molecule has 1 fully saturated rings. The van der Waals surface area contributed by atoms with Crippen LogP contribution in [0.1, 0.15) is 29.3 Å². The molecule has 0 saturated carbocycles. The summed E-state index contributed by atoms with van der Waals surface area (Å²) in [6.45, 7) is 0.416. The van der Waals surface area contributed by atoms with Crippen molar-refractivity contribution in [3.8, 4) is 0 Å². The smallest absolute Gasteiger partial charge is 0.342 e. The minimum atomic E-state index is -4.66. The third-order valence-corrected chi connectivity index (χ3v) is 7.99. The van der Waals surface area contributed by atoms with E-state index >= 15 is 0 Å². The highest BCUT2D eigenvalue weighted by molar-refractivity contribution is 7.89. The van der Waals surface area contributed by atoms with Crippen LogP contribution in [0.4, 0.5) is 13.2 Å². The van der Waals surface area contributed by atoms with E-state index in [1.165, 1.54) is 0 Å². The van der Waals surface area contributed by atoms with Gasteiger partial charge in [-0.25, -0.2) is 18.1 Å². The Labute approximate surface area is 187 Å². The first-order chi connectivity index (χ1) is 15.1. The van der Waals surface area contributed by atoms with Gasteiger partial charge in [0.25, 0.3) is 0 Å². The number of hydrogen-bond donors (Lipinski definition) is 1. The number of rotatable bonds is 5. The molecule has 3 aromatic rings. The van der Waals surface area contributed by atoms with Crippen LogP contribution in [0.2, 0.25) is 0 Å². The first kappa shape index (κ1) is 22.7. The monoisotopic (exact) mass is 483 g/mol. The number of aromatic nitrogens is 1. The van der Waals surface area contributed by atoms with Gasteiger partial charge < -0.3 is 4.90 Å². The van der Waals surface area contributed by atoms with Gasteiger partial charge in [-0.15, -0.1) is 11.3 Å². The van der Waals surface area contributed by atoms with E-state index in [4.69, 9.17) is 0 Å². The Kier molecular flexibility index (Phi) is 6.24. The molecule has 0 atom stereocenters. The van der Waals surface area contributed by atoms with E-state index in [1.54, 1.807) is 16.2 Å². The Morgan fingerprint density at radius 1 is 1.12 bits per heavy atom. The van der Waals surface area contributed by atoms with E-state index in [1.807, 2.05) is 24.3 Å². The topological polar surface area (TPSA) is 79.4 Å². The minimum Gasteiger partial charge on any atom is -0.342 e. The summed E-state index contributed by atoms with van der Waals surface area (Å²) in [5, 5.41) is 1.03. The van der Waals surface area contributed by atoms with Crippen molar-refractivity contribution >= 4 is 37.5 Å². The number of amides is 1. The van der Waals surface area contributed by atoms with Gasteiger partial charge in [0.05, 0.1) is 32.2 Å². The number of alkyl halides is 3. The molecule has 0 radical (unpaired) electrons. The number of fused-ring (bicyclic) bond motifs is 1. The van der Waals surface area contributed by atoms with Gasteiger partial charge in [-0.1, -0.05) is 18.2 Å². The summed E-state index contributed by atoms with van der Waals surface area (Å²) in [6.07, 6.45) is -3.23. The Hall–Kier alpha value is -2.50. The Bertz CT molecular complexity index is 1200. The molecule has 1 aliphatic heterocycles. The van der Waals surface area contributed by atoms with Crippen LogP contribution in [-0.2, 0) is 21.0 Å². The van der Waals surface area contributed by atoms with Crippen molar-refractivity contribution < 1.29 is 26.4 Å². The summed E-state index contributed by atoms with van der Waals surface area (Å²) >= 11 is 1.64. The van der Waals surface area contributed by atoms with Crippen LogP contribution in [0, 0.1) is 0 Å². The molecule has 6 nitrogen and oxygen atoms in total. The molecule has 0 bridgehead atoms. The Balaban J connectivity index is 1.34.